The minimum Gasteiger partial charge on any atom is -0.507 e. The zero-order valence-electron chi connectivity index (χ0n) is 15.3. The first-order chi connectivity index (χ1) is 13.2. The third-order valence-electron chi connectivity index (χ3n) is 5.39. The Bertz CT molecular complexity index is 959. The van der Waals surface area contributed by atoms with Gasteiger partial charge in [-0.15, -0.1) is 0 Å². The Morgan fingerprint density at radius 1 is 1.00 bits per heavy atom. The van der Waals surface area contributed by atoms with Gasteiger partial charge in [-0.3, -0.25) is 4.79 Å². The smallest absolute Gasteiger partial charge is 0.167 e. The standard InChI is InChI=1S/C24H22O3/c1-27-19-11-9-17(10-12-19)21-14-13-20-18(15-22(25)23(20)24(21)26)8-7-16-5-3-2-4-6-16/h2-6,9-14,18,26H,7-8,15H2,1H3. The van der Waals surface area contributed by atoms with Gasteiger partial charge in [0.2, 0.25) is 0 Å². The van der Waals surface area contributed by atoms with Crippen LogP contribution >= 0.6 is 0 Å². The van der Waals surface area contributed by atoms with Gasteiger partial charge in [-0.25, -0.2) is 0 Å². The van der Waals surface area contributed by atoms with Gasteiger partial charge < -0.3 is 9.84 Å². The molecule has 3 heteroatoms. The molecule has 4 rings (SSSR count). The molecule has 0 saturated carbocycles. The van der Waals surface area contributed by atoms with Crippen molar-refractivity contribution in [2.45, 2.75) is 25.2 Å². The van der Waals surface area contributed by atoms with Crippen LogP contribution in [0.3, 0.4) is 0 Å². The van der Waals surface area contributed by atoms with Crippen molar-refractivity contribution in [3.8, 4) is 22.6 Å². The van der Waals surface area contributed by atoms with Crippen molar-refractivity contribution < 1.29 is 14.6 Å². The van der Waals surface area contributed by atoms with E-state index in [0.717, 1.165) is 29.7 Å². The lowest BCUT2D eigenvalue weighted by Gasteiger charge is -2.13. The van der Waals surface area contributed by atoms with Crippen LogP contribution in [-0.4, -0.2) is 18.0 Å². The maximum Gasteiger partial charge on any atom is 0.167 e. The number of carbonyl (C=O) groups excluding carboxylic acids is 1. The first kappa shape index (κ1) is 17.3. The topological polar surface area (TPSA) is 46.5 Å². The molecule has 0 aromatic heterocycles. The second kappa shape index (κ2) is 7.28. The van der Waals surface area contributed by atoms with Gasteiger partial charge in [-0.1, -0.05) is 54.6 Å². The zero-order valence-corrected chi connectivity index (χ0v) is 15.3. The number of rotatable bonds is 5. The van der Waals surface area contributed by atoms with E-state index in [4.69, 9.17) is 4.74 Å². The Morgan fingerprint density at radius 3 is 2.44 bits per heavy atom. The molecule has 1 N–H and O–H groups in total. The van der Waals surface area contributed by atoms with E-state index < -0.39 is 0 Å². The number of phenolic OH excluding ortho intramolecular Hbond substituents is 1. The van der Waals surface area contributed by atoms with Gasteiger partial charge in [0.1, 0.15) is 11.5 Å². The molecule has 1 atom stereocenters. The molecule has 1 unspecified atom stereocenters. The molecular formula is C24H22O3. The lowest BCUT2D eigenvalue weighted by molar-refractivity contribution is 0.0986. The van der Waals surface area contributed by atoms with E-state index in [1.807, 2.05) is 54.6 Å². The summed E-state index contributed by atoms with van der Waals surface area (Å²) in [5.74, 6) is 1.07. The minimum absolute atomic E-state index is 0.0379. The van der Waals surface area contributed by atoms with Crippen LogP contribution in [0.5, 0.6) is 11.5 Å². The second-order valence-corrected chi connectivity index (χ2v) is 7.00. The molecule has 1 aliphatic rings. The third-order valence-corrected chi connectivity index (χ3v) is 5.39. The molecule has 0 aliphatic heterocycles. The van der Waals surface area contributed by atoms with E-state index >= 15 is 0 Å². The molecular weight excluding hydrogens is 336 g/mol. The molecule has 3 nitrogen and oxygen atoms in total. The summed E-state index contributed by atoms with van der Waals surface area (Å²) >= 11 is 0. The molecule has 0 heterocycles. The molecule has 136 valence electrons. The lowest BCUT2D eigenvalue weighted by Crippen LogP contribution is -1.97. The number of Topliss-reactive ketones (excluding diaryl/α,β-unsaturated/α-hetero) is 1. The number of carbonyl (C=O) groups is 1. The number of benzene rings is 3. The van der Waals surface area contributed by atoms with Gasteiger partial charge in [0, 0.05) is 12.0 Å². The van der Waals surface area contributed by atoms with Crippen LogP contribution in [0.4, 0.5) is 0 Å². The molecule has 1 aliphatic carbocycles. The second-order valence-electron chi connectivity index (χ2n) is 7.00. The summed E-state index contributed by atoms with van der Waals surface area (Å²) in [4.78, 5) is 12.6. The highest BCUT2D eigenvalue weighted by molar-refractivity contribution is 6.05. The molecule has 0 spiro atoms. The van der Waals surface area contributed by atoms with Crippen LogP contribution in [-0.2, 0) is 6.42 Å². The normalized spacial score (nSPS) is 15.6. The number of hydrogen-bond donors (Lipinski definition) is 1. The van der Waals surface area contributed by atoms with E-state index in [1.54, 1.807) is 7.11 Å². The zero-order chi connectivity index (χ0) is 18.8. The predicted molar refractivity (Wildman–Crippen MR) is 107 cm³/mol. The number of aromatic hydroxyl groups is 1. The predicted octanol–water partition coefficient (Wildman–Crippen LogP) is 5.37. The number of aryl methyl sites for hydroxylation is 1. The molecule has 0 fully saturated rings. The largest absolute Gasteiger partial charge is 0.507 e. The van der Waals surface area contributed by atoms with Crippen molar-refractivity contribution in [2.75, 3.05) is 7.11 Å². The SMILES string of the molecule is COc1ccc(-c2ccc3c(c2O)C(=O)CC3CCc2ccccc2)cc1. The summed E-state index contributed by atoms with van der Waals surface area (Å²) in [7, 11) is 1.62. The van der Waals surface area contributed by atoms with Crippen molar-refractivity contribution >= 4 is 5.78 Å². The molecule has 3 aromatic carbocycles. The number of fused-ring (bicyclic) bond motifs is 1. The summed E-state index contributed by atoms with van der Waals surface area (Å²) < 4.78 is 5.19. The fourth-order valence-electron chi connectivity index (χ4n) is 3.92. The van der Waals surface area contributed by atoms with Crippen molar-refractivity contribution in [3.05, 3.63) is 83.4 Å². The highest BCUT2D eigenvalue weighted by atomic mass is 16.5. The first-order valence-electron chi connectivity index (χ1n) is 9.25. The number of phenols is 1. The van der Waals surface area contributed by atoms with E-state index in [2.05, 4.69) is 12.1 Å². The quantitative estimate of drug-likeness (QED) is 0.667. The number of hydrogen-bond acceptors (Lipinski definition) is 3. The van der Waals surface area contributed by atoms with Crippen LogP contribution in [0.25, 0.3) is 11.1 Å². The van der Waals surface area contributed by atoms with Crippen molar-refractivity contribution in [3.63, 3.8) is 0 Å². The van der Waals surface area contributed by atoms with Gasteiger partial charge in [0.05, 0.1) is 12.7 Å². The van der Waals surface area contributed by atoms with Gasteiger partial charge in [0.15, 0.2) is 5.78 Å². The van der Waals surface area contributed by atoms with Crippen LogP contribution in [0.1, 0.15) is 40.2 Å². The van der Waals surface area contributed by atoms with E-state index in [9.17, 15) is 9.90 Å². The number of methoxy groups -OCH3 is 1. The Kier molecular flexibility index (Phi) is 4.68. The van der Waals surface area contributed by atoms with E-state index in [0.29, 0.717) is 17.5 Å². The molecule has 0 saturated heterocycles. The summed E-state index contributed by atoms with van der Waals surface area (Å²) in [6.45, 7) is 0. The average molecular weight is 358 g/mol. The Morgan fingerprint density at radius 2 is 1.74 bits per heavy atom. The van der Waals surface area contributed by atoms with E-state index in [1.165, 1.54) is 5.56 Å². The minimum atomic E-state index is 0.0379. The molecule has 27 heavy (non-hydrogen) atoms. The highest BCUT2D eigenvalue weighted by Crippen LogP contribution is 2.44. The summed E-state index contributed by atoms with van der Waals surface area (Å²) in [6, 6.07) is 21.7. The fraction of sp³-hybridized carbons (Fsp3) is 0.208. The third kappa shape index (κ3) is 3.33. The summed E-state index contributed by atoms with van der Waals surface area (Å²) in [6.07, 6.45) is 2.31. The molecule has 0 amide bonds. The highest BCUT2D eigenvalue weighted by Gasteiger charge is 2.32. The number of ether oxygens (including phenoxy) is 1. The molecule has 0 radical (unpaired) electrons. The van der Waals surface area contributed by atoms with Crippen molar-refractivity contribution in [2.24, 2.45) is 0 Å². The average Bonchev–Trinajstić information content (AvgIpc) is 3.04. The van der Waals surface area contributed by atoms with Gasteiger partial charge in [-0.2, -0.15) is 0 Å². The van der Waals surface area contributed by atoms with Crippen molar-refractivity contribution in [1.82, 2.24) is 0 Å². The maximum atomic E-state index is 12.6. The maximum absolute atomic E-state index is 12.6. The van der Waals surface area contributed by atoms with Gasteiger partial charge in [-0.05, 0) is 47.6 Å². The van der Waals surface area contributed by atoms with Gasteiger partial charge >= 0.3 is 0 Å². The molecule has 3 aromatic rings. The molecule has 0 bridgehead atoms. The van der Waals surface area contributed by atoms with Gasteiger partial charge in [0.25, 0.3) is 0 Å². The summed E-state index contributed by atoms with van der Waals surface area (Å²) in [5, 5.41) is 10.8. The van der Waals surface area contributed by atoms with Crippen LogP contribution in [0.2, 0.25) is 0 Å². The van der Waals surface area contributed by atoms with Crippen molar-refractivity contribution in [1.29, 1.82) is 0 Å². The monoisotopic (exact) mass is 358 g/mol. The van der Waals surface area contributed by atoms with Crippen LogP contribution in [0, 0.1) is 0 Å². The fourth-order valence-corrected chi connectivity index (χ4v) is 3.92. The Balaban J connectivity index is 1.61. The summed E-state index contributed by atoms with van der Waals surface area (Å²) in [5.41, 5.74) is 4.31. The van der Waals surface area contributed by atoms with Crippen LogP contribution < -0.4 is 4.74 Å². The Hall–Kier alpha value is -3.07. The lowest BCUT2D eigenvalue weighted by atomic mass is 9.92. The van der Waals surface area contributed by atoms with E-state index in [-0.39, 0.29) is 17.5 Å². The first-order valence-corrected chi connectivity index (χ1v) is 9.25. The Labute approximate surface area is 159 Å². The van der Waals surface area contributed by atoms with Crippen LogP contribution in [0.15, 0.2) is 66.7 Å². The number of ketones is 1.